The smallest absolute Gasteiger partial charge is 0.251 e. The second-order valence-corrected chi connectivity index (χ2v) is 4.60. The summed E-state index contributed by atoms with van der Waals surface area (Å²) in [5.41, 5.74) is 0.798. The van der Waals surface area contributed by atoms with Crippen LogP contribution >= 0.6 is 11.8 Å². The predicted octanol–water partition coefficient (Wildman–Crippen LogP) is 1.62. The summed E-state index contributed by atoms with van der Waals surface area (Å²) in [5, 5.41) is 9.08. The number of H-pyrrole nitrogens is 1. The minimum Gasteiger partial charge on any atom is -0.301 e. The number of Topliss-reactive ketones (excluding diaryl/α,β-unsaturated/α-hetero) is 1. The molecule has 1 heterocycles. The molecule has 5 nitrogen and oxygen atoms in total. The first-order chi connectivity index (χ1) is 9.19. The summed E-state index contributed by atoms with van der Waals surface area (Å²) in [5.74, 6) is 0.0970. The van der Waals surface area contributed by atoms with Crippen molar-refractivity contribution in [1.29, 1.82) is 5.26 Å². The fourth-order valence-corrected chi connectivity index (χ4v) is 2.12. The summed E-state index contributed by atoms with van der Waals surface area (Å²) in [7, 11) is 0. The van der Waals surface area contributed by atoms with Crippen molar-refractivity contribution in [3.63, 3.8) is 0 Å². The number of aromatic nitrogens is 2. The molecule has 1 aromatic heterocycles. The molecule has 6 heteroatoms. The van der Waals surface area contributed by atoms with Crippen LogP contribution in [0.25, 0.3) is 0 Å². The van der Waals surface area contributed by atoms with E-state index in [0.29, 0.717) is 16.3 Å². The quantitative estimate of drug-likeness (QED) is 0.518. The molecule has 0 aliphatic rings. The second-order valence-electron chi connectivity index (χ2n) is 3.64. The van der Waals surface area contributed by atoms with E-state index in [1.54, 1.807) is 24.3 Å². The van der Waals surface area contributed by atoms with Crippen molar-refractivity contribution in [1.82, 2.24) is 9.97 Å². The molecule has 0 amide bonds. The van der Waals surface area contributed by atoms with Crippen LogP contribution in [0.4, 0.5) is 0 Å². The maximum atomic E-state index is 11.9. The van der Waals surface area contributed by atoms with Gasteiger partial charge in [-0.2, -0.15) is 5.26 Å². The van der Waals surface area contributed by atoms with E-state index >= 15 is 0 Å². The SMILES string of the molecule is N#Cc1ccc(C(=O)CSc2nccc(=O)[nH]2)cc1. The van der Waals surface area contributed by atoms with Crippen LogP contribution in [0.1, 0.15) is 15.9 Å². The van der Waals surface area contributed by atoms with E-state index in [4.69, 9.17) is 5.26 Å². The molecule has 0 aliphatic carbocycles. The van der Waals surface area contributed by atoms with Gasteiger partial charge in [-0.25, -0.2) is 4.98 Å². The molecule has 0 saturated heterocycles. The van der Waals surface area contributed by atoms with Gasteiger partial charge in [0.15, 0.2) is 10.9 Å². The normalized spacial score (nSPS) is 9.84. The Labute approximate surface area is 113 Å². The number of ketones is 1. The number of aromatic amines is 1. The number of nitriles is 1. The maximum Gasteiger partial charge on any atom is 0.251 e. The minimum absolute atomic E-state index is 0.0824. The lowest BCUT2D eigenvalue weighted by atomic mass is 10.1. The Hall–Kier alpha value is -2.39. The van der Waals surface area contributed by atoms with Crippen molar-refractivity contribution in [2.24, 2.45) is 0 Å². The monoisotopic (exact) mass is 271 g/mol. The molecule has 2 rings (SSSR count). The number of hydrogen-bond donors (Lipinski definition) is 1. The molecule has 1 N–H and O–H groups in total. The van der Waals surface area contributed by atoms with E-state index < -0.39 is 0 Å². The highest BCUT2D eigenvalue weighted by atomic mass is 32.2. The lowest BCUT2D eigenvalue weighted by Crippen LogP contribution is -2.08. The number of rotatable bonds is 4. The molecule has 0 aliphatic heterocycles. The highest BCUT2D eigenvalue weighted by Crippen LogP contribution is 2.13. The first kappa shape index (κ1) is 13.1. The van der Waals surface area contributed by atoms with Crippen LogP contribution in [-0.2, 0) is 0 Å². The number of hydrogen-bond acceptors (Lipinski definition) is 5. The zero-order valence-corrected chi connectivity index (χ0v) is 10.6. The van der Waals surface area contributed by atoms with E-state index in [9.17, 15) is 9.59 Å². The Morgan fingerprint density at radius 1 is 1.32 bits per heavy atom. The summed E-state index contributed by atoms with van der Waals surface area (Å²) in [6.45, 7) is 0. The molecule has 0 atom stereocenters. The van der Waals surface area contributed by atoms with Crippen molar-refractivity contribution < 1.29 is 4.79 Å². The number of benzene rings is 1. The number of nitrogens with zero attached hydrogens (tertiary/aromatic N) is 2. The fraction of sp³-hybridized carbons (Fsp3) is 0.0769. The third-order valence-electron chi connectivity index (χ3n) is 2.32. The Morgan fingerprint density at radius 3 is 2.68 bits per heavy atom. The lowest BCUT2D eigenvalue weighted by molar-refractivity contribution is 0.102. The number of carbonyl (C=O) groups is 1. The van der Waals surface area contributed by atoms with Gasteiger partial charge in [-0.15, -0.1) is 0 Å². The van der Waals surface area contributed by atoms with Crippen molar-refractivity contribution in [2.45, 2.75) is 5.16 Å². The van der Waals surface area contributed by atoms with Gasteiger partial charge in [-0.05, 0) is 12.1 Å². The first-order valence-electron chi connectivity index (χ1n) is 5.40. The minimum atomic E-state index is -0.247. The zero-order chi connectivity index (χ0) is 13.7. The average Bonchev–Trinajstić information content (AvgIpc) is 2.45. The summed E-state index contributed by atoms with van der Waals surface area (Å²) >= 11 is 1.17. The number of thioether (sulfide) groups is 1. The third kappa shape index (κ3) is 3.53. The fourth-order valence-electron chi connectivity index (χ4n) is 1.37. The van der Waals surface area contributed by atoms with E-state index in [1.807, 2.05) is 6.07 Å². The van der Waals surface area contributed by atoms with Crippen LogP contribution < -0.4 is 5.56 Å². The van der Waals surface area contributed by atoms with Gasteiger partial charge in [-0.3, -0.25) is 9.59 Å². The summed E-state index contributed by atoms with van der Waals surface area (Å²) in [6, 6.07) is 9.73. The number of nitrogens with one attached hydrogen (secondary N) is 1. The third-order valence-corrected chi connectivity index (χ3v) is 3.21. The van der Waals surface area contributed by atoms with Crippen molar-refractivity contribution in [2.75, 3.05) is 5.75 Å². The van der Waals surface area contributed by atoms with E-state index in [0.717, 1.165) is 0 Å². The molecular formula is C13H9N3O2S. The molecule has 19 heavy (non-hydrogen) atoms. The van der Waals surface area contributed by atoms with Gasteiger partial charge >= 0.3 is 0 Å². The predicted molar refractivity (Wildman–Crippen MR) is 71.1 cm³/mol. The molecule has 0 saturated carbocycles. The molecule has 0 fully saturated rings. The second kappa shape index (κ2) is 5.98. The van der Waals surface area contributed by atoms with Gasteiger partial charge < -0.3 is 4.98 Å². The average molecular weight is 271 g/mol. The van der Waals surface area contributed by atoms with Gasteiger partial charge in [0.25, 0.3) is 5.56 Å². The molecular weight excluding hydrogens is 262 g/mol. The van der Waals surface area contributed by atoms with E-state index in [-0.39, 0.29) is 17.1 Å². The molecule has 1 aromatic carbocycles. The summed E-state index contributed by atoms with van der Waals surface area (Å²) in [6.07, 6.45) is 1.40. The van der Waals surface area contributed by atoms with E-state index in [2.05, 4.69) is 9.97 Å². The number of carbonyl (C=O) groups excluding carboxylic acids is 1. The molecule has 0 radical (unpaired) electrons. The van der Waals surface area contributed by atoms with Gasteiger partial charge in [0.1, 0.15) is 0 Å². The van der Waals surface area contributed by atoms with Crippen LogP contribution in [0, 0.1) is 11.3 Å². The van der Waals surface area contributed by atoms with E-state index in [1.165, 1.54) is 24.0 Å². The Kier molecular flexibility index (Phi) is 4.11. The molecule has 2 aromatic rings. The molecule has 0 spiro atoms. The molecule has 94 valence electrons. The lowest BCUT2D eigenvalue weighted by Gasteiger charge is -2.00. The van der Waals surface area contributed by atoms with Crippen molar-refractivity contribution in [3.05, 3.63) is 58.0 Å². The molecule has 0 unspecified atom stereocenters. The van der Waals surface area contributed by atoms with Gasteiger partial charge in [0, 0.05) is 17.8 Å². The Morgan fingerprint density at radius 2 is 2.05 bits per heavy atom. The summed E-state index contributed by atoms with van der Waals surface area (Å²) < 4.78 is 0. The van der Waals surface area contributed by atoms with Crippen molar-refractivity contribution in [3.8, 4) is 6.07 Å². The highest BCUT2D eigenvalue weighted by Gasteiger charge is 2.07. The maximum absolute atomic E-state index is 11.9. The zero-order valence-electron chi connectivity index (χ0n) is 9.79. The summed E-state index contributed by atoms with van der Waals surface area (Å²) in [4.78, 5) is 29.4. The van der Waals surface area contributed by atoms with Gasteiger partial charge in [0.2, 0.25) is 0 Å². The highest BCUT2D eigenvalue weighted by molar-refractivity contribution is 7.99. The molecule has 0 bridgehead atoms. The van der Waals surface area contributed by atoms with Crippen molar-refractivity contribution >= 4 is 17.5 Å². The van der Waals surface area contributed by atoms with Gasteiger partial charge in [0.05, 0.1) is 17.4 Å². The first-order valence-corrected chi connectivity index (χ1v) is 6.39. The largest absolute Gasteiger partial charge is 0.301 e. The van der Waals surface area contributed by atoms with Crippen LogP contribution in [0.15, 0.2) is 46.5 Å². The topological polar surface area (TPSA) is 86.6 Å². The van der Waals surface area contributed by atoms with Crippen LogP contribution in [0.5, 0.6) is 0 Å². The van der Waals surface area contributed by atoms with Gasteiger partial charge in [-0.1, -0.05) is 23.9 Å². The van der Waals surface area contributed by atoms with Crippen LogP contribution in [0.3, 0.4) is 0 Å². The van der Waals surface area contributed by atoms with Crippen LogP contribution in [0.2, 0.25) is 0 Å². The van der Waals surface area contributed by atoms with Crippen LogP contribution in [-0.4, -0.2) is 21.5 Å². The Balaban J connectivity index is 2.01. The standard InChI is InChI=1S/C13H9N3O2S/c14-7-9-1-3-10(4-2-9)11(17)8-19-13-15-6-5-12(18)16-13/h1-6H,8H2,(H,15,16,18). The Bertz CT molecular complexity index is 686.